The van der Waals surface area contributed by atoms with Crippen LogP contribution in [0.1, 0.15) is 0 Å². The topological polar surface area (TPSA) is 191 Å². The summed E-state index contributed by atoms with van der Waals surface area (Å²) in [7, 11) is -10.3. The Balaban J connectivity index is -0.000000209. The van der Waals surface area contributed by atoms with E-state index in [1.54, 1.807) is 0 Å². The molecule has 14 heavy (non-hydrogen) atoms. The molecule has 0 rings (SSSR count). The van der Waals surface area contributed by atoms with Crippen LogP contribution in [0.2, 0.25) is 0 Å². The van der Waals surface area contributed by atoms with Gasteiger partial charge in [0.15, 0.2) is 0 Å². The second-order valence-electron chi connectivity index (χ2n) is 1.51. The van der Waals surface area contributed by atoms with E-state index in [1.165, 1.54) is 0 Å². The number of carboxylic acid groups (broad SMARTS) is 2. The first-order valence-corrected chi connectivity index (χ1v) is 5.84. The molecule has 0 aromatic rings. The summed E-state index contributed by atoms with van der Waals surface area (Å²) in [4.78, 5) is 57.6. The van der Waals surface area contributed by atoms with Crippen LogP contribution in [-0.2, 0) is 4.12 Å². The Labute approximate surface area is 102 Å². The molecule has 0 atom stereocenters. The molecule has 80 valence electrons. The molecule has 0 aliphatic carbocycles. The van der Waals surface area contributed by atoms with E-state index in [-0.39, 0.29) is 29.6 Å². The van der Waals surface area contributed by atoms with Crippen LogP contribution < -0.4 is 34.4 Å². The molecule has 0 radical (unpaired) electrons. The predicted octanol–water partition coefficient (Wildman–Crippen LogP) is -7.58. The molecule has 10 nitrogen and oxygen atoms in total. The van der Waals surface area contributed by atoms with Gasteiger partial charge in [0, 0.05) is 0 Å². The van der Waals surface area contributed by atoms with Gasteiger partial charge in [-0.15, -0.1) is 0 Å². The van der Waals surface area contributed by atoms with E-state index in [0.717, 1.165) is 0 Å². The van der Waals surface area contributed by atoms with Crippen molar-refractivity contribution in [2.75, 3.05) is 0 Å². The van der Waals surface area contributed by atoms with Crippen molar-refractivity contribution in [1.82, 2.24) is 0 Å². The summed E-state index contributed by atoms with van der Waals surface area (Å²) in [5.74, 6) is 0. The van der Waals surface area contributed by atoms with Gasteiger partial charge < -0.3 is 43.1 Å². The van der Waals surface area contributed by atoms with E-state index in [9.17, 15) is 4.80 Å². The smallest absolute Gasteiger partial charge is 0.794 e. The van der Waals surface area contributed by atoms with Gasteiger partial charge in [-0.2, -0.15) is 0 Å². The van der Waals surface area contributed by atoms with Crippen LogP contribution >= 0.6 is 0 Å². The van der Waals surface area contributed by atoms with Crippen LogP contribution in [0.25, 0.3) is 0 Å². The van der Waals surface area contributed by atoms with Crippen molar-refractivity contribution in [2.24, 2.45) is 0 Å². The molecule has 0 saturated carbocycles. The van der Waals surface area contributed by atoms with Crippen molar-refractivity contribution in [3.8, 4) is 0 Å². The molecule has 0 saturated heterocycles. The van der Waals surface area contributed by atoms with E-state index in [2.05, 4.69) is 4.12 Å². The third kappa shape index (κ3) is 39.3. The first-order valence-electron chi connectivity index (χ1n) is 2.38. The number of hydrogen-bond acceptors (Lipinski definition) is 8. The maximum Gasteiger partial charge on any atom is 1.00 e. The molecule has 0 aromatic heterocycles. The van der Waals surface area contributed by atoms with Crippen molar-refractivity contribution >= 4 is 24.3 Å². The van der Waals surface area contributed by atoms with Gasteiger partial charge in [0.1, 0.15) is 0 Å². The fourth-order valence-electron chi connectivity index (χ4n) is 0.178. The van der Waals surface area contributed by atoms with Gasteiger partial charge in [0.2, 0.25) is 0 Å². The average molecular weight is 258 g/mol. The molecule has 0 unspecified atom stereocenters. The van der Waals surface area contributed by atoms with Gasteiger partial charge in [-0.1, -0.05) is 0 Å². The molecule has 0 bridgehead atoms. The van der Waals surface area contributed by atoms with Crippen LogP contribution in [-0.4, -0.2) is 58.4 Å². The van der Waals surface area contributed by atoms with Gasteiger partial charge in [0.05, 0.1) is 0 Å². The summed E-state index contributed by atoms with van der Waals surface area (Å²) in [5.41, 5.74) is 0. The second-order valence-corrected chi connectivity index (χ2v) is 4.57. The van der Waals surface area contributed by atoms with Crippen molar-refractivity contribution in [1.29, 1.82) is 0 Å². The Kier molecular flexibility index (Phi) is 10.9. The minimum Gasteiger partial charge on any atom is -0.794 e. The van der Waals surface area contributed by atoms with Crippen LogP contribution in [0.5, 0.6) is 0 Å². The maximum atomic E-state index is 9.70. The van der Waals surface area contributed by atoms with Crippen LogP contribution in [0.3, 0.4) is 0 Å². The SMILES string of the molecule is O=C(O)O.[Na+].[O-][Si](O)(O)O[Si](O)(O)O. The first kappa shape index (κ1) is 19.9. The molecular formula is CH7NaO10Si2. The summed E-state index contributed by atoms with van der Waals surface area (Å²) in [6.07, 6.45) is -1.83. The Morgan fingerprint density at radius 2 is 1.29 bits per heavy atom. The normalized spacial score (nSPS) is 10.7. The Morgan fingerprint density at radius 3 is 1.29 bits per heavy atom. The molecule has 13 heteroatoms. The molecule has 0 aliphatic rings. The molecule has 0 fully saturated rings. The van der Waals surface area contributed by atoms with E-state index >= 15 is 0 Å². The summed E-state index contributed by atoms with van der Waals surface area (Å²) >= 11 is 0. The molecule has 0 spiro atoms. The second kappa shape index (κ2) is 7.68. The standard InChI is InChI=1S/CH2O3.Na.H5O7Si2/c2-1(3)4;;1-8(2,3)7-9(4,5)6/h(H2,2,3,4);;1-5H/q;+1;-1. The number of rotatable bonds is 2. The zero-order valence-corrected chi connectivity index (χ0v) is 10.9. The third-order valence-electron chi connectivity index (χ3n) is 0.270. The van der Waals surface area contributed by atoms with E-state index in [1.807, 2.05) is 0 Å². The molecule has 0 heterocycles. The zero-order chi connectivity index (χ0) is 11.3. The summed E-state index contributed by atoms with van der Waals surface area (Å²) < 4.78 is 3.12. The van der Waals surface area contributed by atoms with Crippen molar-refractivity contribution < 1.29 is 77.5 Å². The Morgan fingerprint density at radius 1 is 1.07 bits per heavy atom. The molecule has 7 N–H and O–H groups in total. The fraction of sp³-hybridized carbons (Fsp3) is 0. The minimum absolute atomic E-state index is 0. The fourth-order valence-corrected chi connectivity index (χ4v) is 1.61. The molecule has 0 aliphatic heterocycles. The number of carbonyl (C=O) groups is 1. The molecule has 0 amide bonds. The first-order chi connectivity index (χ1) is 5.44. The zero-order valence-electron chi connectivity index (χ0n) is 6.86. The predicted molar refractivity (Wildman–Crippen MR) is 34.3 cm³/mol. The van der Waals surface area contributed by atoms with Crippen molar-refractivity contribution in [2.45, 2.75) is 0 Å². The van der Waals surface area contributed by atoms with E-state index in [0.29, 0.717) is 0 Å². The van der Waals surface area contributed by atoms with E-state index < -0.39 is 24.3 Å². The van der Waals surface area contributed by atoms with Crippen LogP contribution in [0.15, 0.2) is 0 Å². The average Bonchev–Trinajstić information content (AvgIpc) is 1.47. The van der Waals surface area contributed by atoms with E-state index in [4.69, 9.17) is 39.0 Å². The number of hydrogen-bond donors (Lipinski definition) is 7. The Hall–Kier alpha value is 0.424. The molecule has 0 aromatic carbocycles. The Bertz CT molecular complexity index is 140. The van der Waals surface area contributed by atoms with Crippen molar-refractivity contribution in [3.63, 3.8) is 0 Å². The maximum absolute atomic E-state index is 9.70. The van der Waals surface area contributed by atoms with Gasteiger partial charge in [-0.25, -0.2) is 4.79 Å². The van der Waals surface area contributed by atoms with Gasteiger partial charge in [0.25, 0.3) is 0 Å². The van der Waals surface area contributed by atoms with Crippen molar-refractivity contribution in [3.05, 3.63) is 0 Å². The largest absolute Gasteiger partial charge is 1.00 e. The van der Waals surface area contributed by atoms with Gasteiger partial charge in [-0.3, -0.25) is 0 Å². The minimum atomic E-state index is -5.23. The van der Waals surface area contributed by atoms with Crippen LogP contribution in [0.4, 0.5) is 4.79 Å². The quantitative estimate of drug-likeness (QED) is 0.234. The summed E-state index contributed by atoms with van der Waals surface area (Å²) in [5, 5.41) is 13.9. The van der Waals surface area contributed by atoms with Gasteiger partial charge in [-0.05, 0) is 0 Å². The van der Waals surface area contributed by atoms with Gasteiger partial charge >= 0.3 is 53.8 Å². The van der Waals surface area contributed by atoms with Crippen LogP contribution in [0, 0.1) is 0 Å². The summed E-state index contributed by atoms with van der Waals surface area (Å²) in [6, 6.07) is 0. The summed E-state index contributed by atoms with van der Waals surface area (Å²) in [6.45, 7) is 0. The molecular weight excluding hydrogens is 251 g/mol. The monoisotopic (exact) mass is 258 g/mol. The third-order valence-corrected chi connectivity index (χ3v) is 2.43.